The number of ether oxygens (including phenoxy) is 1. The molecule has 0 amide bonds. The van der Waals surface area contributed by atoms with Gasteiger partial charge in [-0.1, -0.05) is 25.1 Å². The topological polar surface area (TPSA) is 21.3 Å². The summed E-state index contributed by atoms with van der Waals surface area (Å²) < 4.78 is 5.91. The van der Waals surface area contributed by atoms with Crippen LogP contribution in [0.25, 0.3) is 0 Å². The third-order valence-electron chi connectivity index (χ3n) is 4.25. The monoisotopic (exact) mass is 261 g/mol. The normalized spacial score (nSPS) is 21.3. The van der Waals surface area contributed by atoms with Crippen LogP contribution in [-0.2, 0) is 4.74 Å². The summed E-state index contributed by atoms with van der Waals surface area (Å²) in [6.45, 7) is 8.55. The first-order chi connectivity index (χ1) is 9.22. The summed E-state index contributed by atoms with van der Waals surface area (Å²) in [4.78, 5) is 0. The van der Waals surface area contributed by atoms with Gasteiger partial charge in [0, 0.05) is 12.6 Å². The van der Waals surface area contributed by atoms with Gasteiger partial charge in [-0.25, -0.2) is 0 Å². The van der Waals surface area contributed by atoms with E-state index < -0.39 is 0 Å². The maximum absolute atomic E-state index is 5.91. The van der Waals surface area contributed by atoms with E-state index >= 15 is 0 Å². The molecule has 0 radical (unpaired) electrons. The predicted octanol–water partition coefficient (Wildman–Crippen LogP) is 3.91. The predicted molar refractivity (Wildman–Crippen MR) is 80.5 cm³/mol. The maximum Gasteiger partial charge on any atom is 0.0593 e. The van der Waals surface area contributed by atoms with E-state index in [9.17, 15) is 0 Å². The lowest BCUT2D eigenvalue weighted by Gasteiger charge is -2.28. The van der Waals surface area contributed by atoms with Gasteiger partial charge in [0.15, 0.2) is 0 Å². The molecule has 2 nitrogen and oxygen atoms in total. The van der Waals surface area contributed by atoms with Crippen LogP contribution in [0.15, 0.2) is 18.2 Å². The third-order valence-corrected chi connectivity index (χ3v) is 4.25. The maximum atomic E-state index is 5.91. The number of hydrogen-bond acceptors (Lipinski definition) is 2. The summed E-state index contributed by atoms with van der Waals surface area (Å²) in [5.74, 6) is 0. The third kappa shape index (κ3) is 3.80. The molecule has 106 valence electrons. The van der Waals surface area contributed by atoms with Crippen LogP contribution in [-0.4, -0.2) is 19.3 Å². The van der Waals surface area contributed by atoms with Crippen molar-refractivity contribution in [2.75, 3.05) is 13.2 Å². The van der Waals surface area contributed by atoms with Crippen molar-refractivity contribution < 1.29 is 4.74 Å². The van der Waals surface area contributed by atoms with Crippen LogP contribution < -0.4 is 5.32 Å². The first-order valence-electron chi connectivity index (χ1n) is 7.63. The highest BCUT2D eigenvalue weighted by Gasteiger charge is 2.21. The van der Waals surface area contributed by atoms with Crippen LogP contribution in [0.5, 0.6) is 0 Å². The second kappa shape index (κ2) is 7.06. The summed E-state index contributed by atoms with van der Waals surface area (Å²) in [5, 5.41) is 3.63. The van der Waals surface area contributed by atoms with E-state index in [4.69, 9.17) is 4.74 Å². The van der Waals surface area contributed by atoms with Crippen molar-refractivity contribution in [2.45, 2.75) is 58.6 Å². The zero-order valence-electron chi connectivity index (χ0n) is 12.5. The van der Waals surface area contributed by atoms with Gasteiger partial charge in [-0.15, -0.1) is 0 Å². The second-order valence-corrected chi connectivity index (χ2v) is 5.62. The molecule has 1 saturated heterocycles. The van der Waals surface area contributed by atoms with Gasteiger partial charge in [0.05, 0.1) is 6.10 Å². The molecule has 2 heteroatoms. The van der Waals surface area contributed by atoms with E-state index in [-0.39, 0.29) is 0 Å². The minimum Gasteiger partial charge on any atom is -0.378 e. The van der Waals surface area contributed by atoms with E-state index in [1.54, 1.807) is 0 Å². The SMILES string of the molecule is CCNC(CC1CCCCO1)c1cccc(C)c1C. The summed E-state index contributed by atoms with van der Waals surface area (Å²) in [7, 11) is 0. The Kier molecular flexibility index (Phi) is 5.41. The highest BCUT2D eigenvalue weighted by atomic mass is 16.5. The largest absolute Gasteiger partial charge is 0.378 e. The Labute approximate surface area is 117 Å². The molecule has 2 rings (SSSR count). The Morgan fingerprint density at radius 1 is 1.32 bits per heavy atom. The Balaban J connectivity index is 2.11. The van der Waals surface area contributed by atoms with Crippen molar-refractivity contribution >= 4 is 0 Å². The first-order valence-corrected chi connectivity index (χ1v) is 7.63. The first kappa shape index (κ1) is 14.5. The van der Waals surface area contributed by atoms with E-state index in [0.717, 1.165) is 19.6 Å². The fraction of sp³-hybridized carbons (Fsp3) is 0.647. The van der Waals surface area contributed by atoms with Crippen molar-refractivity contribution in [1.29, 1.82) is 0 Å². The molecule has 1 aromatic carbocycles. The van der Waals surface area contributed by atoms with E-state index in [2.05, 4.69) is 44.3 Å². The quantitative estimate of drug-likeness (QED) is 0.867. The van der Waals surface area contributed by atoms with Gasteiger partial charge < -0.3 is 10.1 Å². The van der Waals surface area contributed by atoms with E-state index in [1.807, 2.05) is 0 Å². The molecule has 2 unspecified atom stereocenters. The number of nitrogens with one attached hydrogen (secondary N) is 1. The van der Waals surface area contributed by atoms with Gasteiger partial charge in [-0.3, -0.25) is 0 Å². The van der Waals surface area contributed by atoms with Crippen molar-refractivity contribution in [2.24, 2.45) is 0 Å². The smallest absolute Gasteiger partial charge is 0.0593 e. The Hall–Kier alpha value is -0.860. The van der Waals surface area contributed by atoms with E-state index in [1.165, 1.54) is 36.0 Å². The van der Waals surface area contributed by atoms with Crippen LogP contribution in [0.4, 0.5) is 0 Å². The molecule has 2 atom stereocenters. The average molecular weight is 261 g/mol. The number of rotatable bonds is 5. The minimum absolute atomic E-state index is 0.424. The second-order valence-electron chi connectivity index (χ2n) is 5.62. The number of benzene rings is 1. The zero-order valence-corrected chi connectivity index (χ0v) is 12.5. The van der Waals surface area contributed by atoms with Crippen LogP contribution in [0.1, 0.15) is 55.3 Å². The average Bonchev–Trinajstić information content (AvgIpc) is 2.43. The highest BCUT2D eigenvalue weighted by molar-refractivity contribution is 5.35. The summed E-state index contributed by atoms with van der Waals surface area (Å²) in [6.07, 6.45) is 5.28. The molecule has 19 heavy (non-hydrogen) atoms. The van der Waals surface area contributed by atoms with Gasteiger partial charge in [0.25, 0.3) is 0 Å². The van der Waals surface area contributed by atoms with Crippen LogP contribution in [0.2, 0.25) is 0 Å². The number of aryl methyl sites for hydroxylation is 1. The van der Waals surface area contributed by atoms with Gasteiger partial charge >= 0.3 is 0 Å². The molecule has 0 aromatic heterocycles. The molecule has 1 aliphatic heterocycles. The Bertz CT molecular complexity index is 396. The van der Waals surface area contributed by atoms with Crippen molar-refractivity contribution in [3.05, 3.63) is 34.9 Å². The highest BCUT2D eigenvalue weighted by Crippen LogP contribution is 2.28. The lowest BCUT2D eigenvalue weighted by Crippen LogP contribution is -2.29. The molecule has 1 aromatic rings. The zero-order chi connectivity index (χ0) is 13.7. The molecular formula is C17H27NO. The van der Waals surface area contributed by atoms with Gasteiger partial charge in [-0.05, 0) is 62.8 Å². The van der Waals surface area contributed by atoms with Crippen LogP contribution >= 0.6 is 0 Å². The lowest BCUT2D eigenvalue weighted by molar-refractivity contribution is 0.00510. The van der Waals surface area contributed by atoms with Gasteiger partial charge in [0.2, 0.25) is 0 Å². The summed E-state index contributed by atoms with van der Waals surface area (Å²) >= 11 is 0. The number of hydrogen-bond donors (Lipinski definition) is 1. The van der Waals surface area contributed by atoms with Crippen LogP contribution in [0, 0.1) is 13.8 Å². The summed E-state index contributed by atoms with van der Waals surface area (Å²) in [6, 6.07) is 7.05. The summed E-state index contributed by atoms with van der Waals surface area (Å²) in [5.41, 5.74) is 4.24. The molecule has 0 saturated carbocycles. The van der Waals surface area contributed by atoms with Crippen molar-refractivity contribution in [3.8, 4) is 0 Å². The van der Waals surface area contributed by atoms with Crippen LogP contribution in [0.3, 0.4) is 0 Å². The lowest BCUT2D eigenvalue weighted by atomic mass is 9.92. The van der Waals surface area contributed by atoms with E-state index in [0.29, 0.717) is 12.1 Å². The molecule has 0 bridgehead atoms. The standard InChI is InChI=1S/C17H27NO/c1-4-18-17(12-15-9-5-6-11-19-15)16-10-7-8-13(2)14(16)3/h7-8,10,15,17-18H,4-6,9,11-12H2,1-3H3. The minimum atomic E-state index is 0.424. The molecule has 1 fully saturated rings. The van der Waals surface area contributed by atoms with Gasteiger partial charge in [0.1, 0.15) is 0 Å². The molecule has 1 aliphatic rings. The fourth-order valence-electron chi connectivity index (χ4n) is 2.97. The Morgan fingerprint density at radius 2 is 2.16 bits per heavy atom. The van der Waals surface area contributed by atoms with Gasteiger partial charge in [-0.2, -0.15) is 0 Å². The Morgan fingerprint density at radius 3 is 2.84 bits per heavy atom. The fourth-order valence-corrected chi connectivity index (χ4v) is 2.97. The molecular weight excluding hydrogens is 234 g/mol. The molecule has 0 spiro atoms. The molecule has 1 N–H and O–H groups in total. The van der Waals surface area contributed by atoms with Crippen molar-refractivity contribution in [3.63, 3.8) is 0 Å². The molecule has 1 heterocycles. The van der Waals surface area contributed by atoms with Crippen molar-refractivity contribution in [1.82, 2.24) is 5.32 Å². The molecule has 0 aliphatic carbocycles.